The second-order valence-electron chi connectivity index (χ2n) is 4.64. The van der Waals surface area contributed by atoms with E-state index in [4.69, 9.17) is 10.5 Å². The van der Waals surface area contributed by atoms with Gasteiger partial charge in [0.15, 0.2) is 0 Å². The lowest BCUT2D eigenvalue weighted by atomic mass is 10.1. The van der Waals surface area contributed by atoms with Gasteiger partial charge in [-0.3, -0.25) is 0 Å². The lowest BCUT2D eigenvalue weighted by molar-refractivity contribution is 0.0794. The van der Waals surface area contributed by atoms with Gasteiger partial charge in [-0.1, -0.05) is 15.9 Å². The van der Waals surface area contributed by atoms with E-state index in [1.54, 1.807) is 12.1 Å². The Morgan fingerprint density at radius 3 is 2.59 bits per heavy atom. The lowest BCUT2D eigenvalue weighted by Gasteiger charge is -2.15. The standard InChI is InChI=1S/C14H8Br2F3NOS/c15-6-3-7(17)5-8(4-6)21-9-1-2-10-11(12(9)16)13(20)14(18,19)22-10/h1-5,13H,20H2. The Morgan fingerprint density at radius 1 is 1.18 bits per heavy atom. The van der Waals surface area contributed by atoms with E-state index >= 15 is 0 Å². The van der Waals surface area contributed by atoms with Crippen molar-refractivity contribution >= 4 is 43.6 Å². The molecule has 3 rings (SSSR count). The van der Waals surface area contributed by atoms with E-state index in [1.807, 2.05) is 0 Å². The third-order valence-electron chi connectivity index (χ3n) is 3.09. The maximum Gasteiger partial charge on any atom is 0.317 e. The number of nitrogens with two attached hydrogens (primary N) is 1. The number of alkyl halides is 2. The number of ether oxygens (including phenoxy) is 1. The molecule has 0 amide bonds. The molecule has 1 unspecified atom stereocenters. The molecule has 116 valence electrons. The molecular weight excluding hydrogens is 447 g/mol. The van der Waals surface area contributed by atoms with Gasteiger partial charge < -0.3 is 10.5 Å². The molecule has 0 radical (unpaired) electrons. The van der Waals surface area contributed by atoms with Gasteiger partial charge in [-0.15, -0.1) is 0 Å². The van der Waals surface area contributed by atoms with E-state index in [0.717, 1.165) is 0 Å². The smallest absolute Gasteiger partial charge is 0.317 e. The average Bonchev–Trinajstić information content (AvgIpc) is 2.63. The second kappa shape index (κ2) is 5.74. The van der Waals surface area contributed by atoms with Crippen molar-refractivity contribution in [1.29, 1.82) is 0 Å². The van der Waals surface area contributed by atoms with Crippen molar-refractivity contribution in [3.63, 3.8) is 0 Å². The summed E-state index contributed by atoms with van der Waals surface area (Å²) in [6.45, 7) is 0. The van der Waals surface area contributed by atoms with Crippen molar-refractivity contribution in [1.82, 2.24) is 0 Å². The van der Waals surface area contributed by atoms with Crippen LogP contribution in [0.2, 0.25) is 0 Å². The Hall–Kier alpha value is -0.700. The summed E-state index contributed by atoms with van der Waals surface area (Å²) in [5, 5.41) is -3.06. The van der Waals surface area contributed by atoms with Crippen molar-refractivity contribution in [2.75, 3.05) is 0 Å². The van der Waals surface area contributed by atoms with Gasteiger partial charge >= 0.3 is 5.25 Å². The van der Waals surface area contributed by atoms with Crippen LogP contribution >= 0.6 is 43.6 Å². The van der Waals surface area contributed by atoms with Crippen molar-refractivity contribution < 1.29 is 17.9 Å². The molecule has 22 heavy (non-hydrogen) atoms. The van der Waals surface area contributed by atoms with Gasteiger partial charge in [-0.05, 0) is 52.0 Å². The number of hydrogen-bond donors (Lipinski definition) is 1. The maximum atomic E-state index is 13.7. The van der Waals surface area contributed by atoms with Gasteiger partial charge in [-0.2, -0.15) is 8.78 Å². The molecule has 0 bridgehead atoms. The summed E-state index contributed by atoms with van der Waals surface area (Å²) in [7, 11) is 0. The number of fused-ring (bicyclic) bond motifs is 1. The van der Waals surface area contributed by atoms with Crippen molar-refractivity contribution in [2.24, 2.45) is 5.73 Å². The molecule has 2 N–H and O–H groups in total. The van der Waals surface area contributed by atoms with Crippen LogP contribution in [0.25, 0.3) is 0 Å². The molecule has 1 heterocycles. The van der Waals surface area contributed by atoms with E-state index in [9.17, 15) is 13.2 Å². The highest BCUT2D eigenvalue weighted by Crippen LogP contribution is 2.56. The molecular formula is C14H8Br2F3NOS. The molecule has 8 heteroatoms. The zero-order valence-electron chi connectivity index (χ0n) is 10.7. The van der Waals surface area contributed by atoms with Crippen molar-refractivity contribution in [2.45, 2.75) is 16.2 Å². The normalized spacial score (nSPS) is 19.1. The molecule has 0 fully saturated rings. The Balaban J connectivity index is 1.99. The molecule has 1 aliphatic rings. The number of halogens is 5. The van der Waals surface area contributed by atoms with E-state index < -0.39 is 17.1 Å². The van der Waals surface area contributed by atoms with Crippen LogP contribution in [-0.2, 0) is 0 Å². The third kappa shape index (κ3) is 2.89. The predicted octanol–water partition coefficient (Wildman–Crippen LogP) is 5.84. The minimum Gasteiger partial charge on any atom is -0.456 e. The number of rotatable bonds is 2. The van der Waals surface area contributed by atoms with Gasteiger partial charge in [0, 0.05) is 21.0 Å². The minimum atomic E-state index is -3.06. The predicted molar refractivity (Wildman–Crippen MR) is 86.0 cm³/mol. The summed E-state index contributed by atoms with van der Waals surface area (Å²) >= 11 is 6.85. The number of hydrogen-bond acceptors (Lipinski definition) is 3. The van der Waals surface area contributed by atoms with E-state index in [1.165, 1.54) is 18.2 Å². The summed E-state index contributed by atoms with van der Waals surface area (Å²) in [6, 6.07) is 5.71. The van der Waals surface area contributed by atoms with Gasteiger partial charge in [0.2, 0.25) is 0 Å². The Kier molecular flexibility index (Phi) is 4.22. The molecule has 2 aromatic carbocycles. The zero-order valence-corrected chi connectivity index (χ0v) is 14.7. The van der Waals surface area contributed by atoms with Crippen molar-refractivity contribution in [3.8, 4) is 11.5 Å². The first-order valence-electron chi connectivity index (χ1n) is 6.06. The number of thioether (sulfide) groups is 1. The lowest BCUT2D eigenvalue weighted by Crippen LogP contribution is -2.25. The molecule has 0 saturated carbocycles. The quantitative estimate of drug-likeness (QED) is 0.618. The summed E-state index contributed by atoms with van der Waals surface area (Å²) in [5.74, 6) is 0.0731. The highest BCUT2D eigenvalue weighted by Gasteiger charge is 2.48. The summed E-state index contributed by atoms with van der Waals surface area (Å²) < 4.78 is 47.2. The fourth-order valence-electron chi connectivity index (χ4n) is 2.11. The summed E-state index contributed by atoms with van der Waals surface area (Å²) in [6.07, 6.45) is 0. The second-order valence-corrected chi connectivity index (χ2v) is 7.54. The molecule has 0 saturated heterocycles. The molecule has 0 spiro atoms. The first kappa shape index (κ1) is 16.2. The van der Waals surface area contributed by atoms with Gasteiger partial charge in [-0.25, -0.2) is 4.39 Å². The molecule has 2 aromatic rings. The molecule has 2 nitrogen and oxygen atoms in total. The van der Waals surface area contributed by atoms with E-state index in [2.05, 4.69) is 31.9 Å². The van der Waals surface area contributed by atoms with Gasteiger partial charge in [0.05, 0.1) is 4.47 Å². The molecule has 0 aliphatic carbocycles. The first-order valence-corrected chi connectivity index (χ1v) is 8.47. The maximum absolute atomic E-state index is 13.7. The van der Waals surface area contributed by atoms with Crippen LogP contribution < -0.4 is 10.5 Å². The fraction of sp³-hybridized carbons (Fsp3) is 0.143. The van der Waals surface area contributed by atoms with Crippen LogP contribution in [0, 0.1) is 5.82 Å². The van der Waals surface area contributed by atoms with Crippen LogP contribution in [0.1, 0.15) is 11.6 Å². The SMILES string of the molecule is NC1c2c(ccc(Oc3cc(F)cc(Br)c3)c2Br)SC1(F)F. The summed E-state index contributed by atoms with van der Waals surface area (Å²) in [4.78, 5) is 0.400. The molecule has 1 atom stereocenters. The van der Waals surface area contributed by atoms with E-state index in [-0.39, 0.29) is 5.75 Å². The Bertz CT molecular complexity index is 737. The topological polar surface area (TPSA) is 35.2 Å². The first-order chi connectivity index (χ1) is 10.3. The average molecular weight is 455 g/mol. The summed E-state index contributed by atoms with van der Waals surface area (Å²) in [5.41, 5.74) is 5.91. The van der Waals surface area contributed by atoms with Crippen LogP contribution in [0.4, 0.5) is 13.2 Å². The van der Waals surface area contributed by atoms with Gasteiger partial charge in [0.1, 0.15) is 23.4 Å². The molecule has 0 aromatic heterocycles. The number of benzene rings is 2. The zero-order chi connectivity index (χ0) is 16.1. The van der Waals surface area contributed by atoms with Crippen molar-refractivity contribution in [3.05, 3.63) is 50.7 Å². The molecule has 1 aliphatic heterocycles. The third-order valence-corrected chi connectivity index (χ3v) is 5.47. The minimum absolute atomic E-state index is 0.249. The fourth-order valence-corrected chi connectivity index (χ4v) is 4.37. The van der Waals surface area contributed by atoms with Gasteiger partial charge in [0.25, 0.3) is 0 Å². The van der Waals surface area contributed by atoms with Crippen LogP contribution in [0.3, 0.4) is 0 Å². The van der Waals surface area contributed by atoms with Crippen LogP contribution in [-0.4, -0.2) is 5.25 Å². The van der Waals surface area contributed by atoms with E-state index in [0.29, 0.717) is 36.9 Å². The monoisotopic (exact) mass is 453 g/mol. The van der Waals surface area contributed by atoms with Crippen LogP contribution in [0.5, 0.6) is 11.5 Å². The Labute approximate surface area is 145 Å². The largest absolute Gasteiger partial charge is 0.456 e. The highest BCUT2D eigenvalue weighted by atomic mass is 79.9. The van der Waals surface area contributed by atoms with Crippen LogP contribution in [0.15, 0.2) is 44.2 Å². The highest BCUT2D eigenvalue weighted by molar-refractivity contribution is 9.10. The Morgan fingerprint density at radius 2 is 1.91 bits per heavy atom.